The second kappa shape index (κ2) is 6.07. The second-order valence-corrected chi connectivity index (χ2v) is 8.55. The van der Waals surface area contributed by atoms with E-state index in [1.165, 1.54) is 21.0 Å². The lowest BCUT2D eigenvalue weighted by Crippen LogP contribution is -2.35. The molecular formula is C20H17N3OS2. The summed E-state index contributed by atoms with van der Waals surface area (Å²) in [7, 11) is 0. The van der Waals surface area contributed by atoms with Crippen LogP contribution in [0.4, 0.5) is 0 Å². The van der Waals surface area contributed by atoms with Crippen molar-refractivity contribution in [3.05, 3.63) is 69.7 Å². The fourth-order valence-electron chi connectivity index (χ4n) is 3.43. The highest BCUT2D eigenvalue weighted by Crippen LogP contribution is 2.33. The van der Waals surface area contributed by atoms with E-state index in [0.717, 1.165) is 29.2 Å². The highest BCUT2D eigenvalue weighted by molar-refractivity contribution is 7.17. The molecule has 0 spiro atoms. The lowest BCUT2D eigenvalue weighted by Gasteiger charge is -2.26. The maximum Gasteiger partial charge on any atom is 0.254 e. The molecule has 0 saturated heterocycles. The van der Waals surface area contributed by atoms with Gasteiger partial charge < -0.3 is 4.90 Å². The zero-order chi connectivity index (χ0) is 17.7. The van der Waals surface area contributed by atoms with Gasteiger partial charge in [-0.25, -0.2) is 4.98 Å². The third kappa shape index (κ3) is 2.57. The molecule has 0 N–H and O–H groups in total. The van der Waals surface area contributed by atoms with Crippen LogP contribution >= 0.6 is 22.7 Å². The fraction of sp³-hybridized carbons (Fsp3) is 0.200. The van der Waals surface area contributed by atoms with Crippen molar-refractivity contribution in [3.8, 4) is 10.6 Å². The molecule has 5 rings (SSSR count). The summed E-state index contributed by atoms with van der Waals surface area (Å²) in [5.41, 5.74) is 4.38. The number of carbonyl (C=O) groups is 1. The number of benzene rings is 1. The van der Waals surface area contributed by atoms with Crippen molar-refractivity contribution in [1.82, 2.24) is 14.3 Å². The number of aryl methyl sites for hydroxylation is 1. The zero-order valence-corrected chi connectivity index (χ0v) is 15.9. The van der Waals surface area contributed by atoms with E-state index in [1.54, 1.807) is 22.7 Å². The molecule has 4 aromatic rings. The van der Waals surface area contributed by atoms with Crippen molar-refractivity contribution in [2.75, 3.05) is 6.54 Å². The Morgan fingerprint density at radius 2 is 2.08 bits per heavy atom. The topological polar surface area (TPSA) is 37.6 Å². The Hall–Kier alpha value is -2.44. The third-order valence-corrected chi connectivity index (χ3v) is 6.90. The lowest BCUT2D eigenvalue weighted by molar-refractivity contribution is 0.0736. The lowest BCUT2D eigenvalue weighted by atomic mass is 10.1. The molecule has 4 nitrogen and oxygen atoms in total. The van der Waals surface area contributed by atoms with Crippen LogP contribution in [0.3, 0.4) is 0 Å². The first-order chi connectivity index (χ1) is 12.7. The monoisotopic (exact) mass is 379 g/mol. The van der Waals surface area contributed by atoms with E-state index >= 15 is 0 Å². The normalized spacial score (nSPS) is 14.0. The minimum atomic E-state index is 0.108. The van der Waals surface area contributed by atoms with E-state index in [-0.39, 0.29) is 5.91 Å². The molecule has 0 atom stereocenters. The van der Waals surface area contributed by atoms with E-state index in [0.29, 0.717) is 6.54 Å². The van der Waals surface area contributed by atoms with Crippen LogP contribution in [-0.2, 0) is 13.0 Å². The Morgan fingerprint density at radius 1 is 1.23 bits per heavy atom. The summed E-state index contributed by atoms with van der Waals surface area (Å²) >= 11 is 3.44. The molecule has 130 valence electrons. The maximum absolute atomic E-state index is 12.7. The summed E-state index contributed by atoms with van der Waals surface area (Å²) in [6, 6.07) is 11.7. The average molecular weight is 380 g/mol. The van der Waals surface area contributed by atoms with Gasteiger partial charge in [0.05, 0.1) is 11.4 Å². The van der Waals surface area contributed by atoms with Crippen LogP contribution in [0.15, 0.2) is 48.0 Å². The van der Waals surface area contributed by atoms with E-state index < -0.39 is 0 Å². The molecule has 3 aromatic heterocycles. The predicted octanol–water partition coefficient (Wildman–Crippen LogP) is 4.63. The summed E-state index contributed by atoms with van der Waals surface area (Å²) in [6.07, 6.45) is 3.01. The molecule has 0 aliphatic carbocycles. The minimum absolute atomic E-state index is 0.108. The molecule has 4 heterocycles. The van der Waals surface area contributed by atoms with Gasteiger partial charge in [0.2, 0.25) is 0 Å². The molecule has 0 saturated carbocycles. The average Bonchev–Trinajstić information content (AvgIpc) is 3.35. The molecule has 1 aromatic carbocycles. The second-order valence-electron chi connectivity index (χ2n) is 6.58. The Labute approximate surface area is 159 Å². The number of hydrogen-bond acceptors (Lipinski definition) is 4. The van der Waals surface area contributed by atoms with Crippen LogP contribution in [0.5, 0.6) is 0 Å². The largest absolute Gasteiger partial charge is 0.333 e. The van der Waals surface area contributed by atoms with Gasteiger partial charge in [0.15, 0.2) is 4.96 Å². The van der Waals surface area contributed by atoms with E-state index in [2.05, 4.69) is 29.0 Å². The highest BCUT2D eigenvalue weighted by Gasteiger charge is 2.26. The number of carbonyl (C=O) groups excluding carboxylic acids is 1. The van der Waals surface area contributed by atoms with Crippen LogP contribution in [0, 0.1) is 6.92 Å². The number of aromatic nitrogens is 2. The molecule has 26 heavy (non-hydrogen) atoms. The summed E-state index contributed by atoms with van der Waals surface area (Å²) in [5, 5.41) is 2.16. The smallest absolute Gasteiger partial charge is 0.254 e. The van der Waals surface area contributed by atoms with Gasteiger partial charge in [-0.15, -0.1) is 11.3 Å². The molecule has 0 fully saturated rings. The molecule has 1 aliphatic heterocycles. The minimum Gasteiger partial charge on any atom is -0.333 e. The SMILES string of the molecule is Cc1csc(-c2cn3c4c(sc3n2)CN(C(=O)c2ccccc2)CC4)c1. The maximum atomic E-state index is 12.7. The third-order valence-electron chi connectivity index (χ3n) is 4.74. The standard InChI is InChI=1S/C20H17N3OS2/c1-13-9-17(25-12-13)15-10-23-16-7-8-22(11-18(16)26-20(23)21-15)19(24)14-5-3-2-4-6-14/h2-6,9-10,12H,7-8,11H2,1H3. The van der Waals surface area contributed by atoms with Crippen molar-refractivity contribution in [2.24, 2.45) is 0 Å². The molecule has 1 aliphatic rings. The Balaban J connectivity index is 1.45. The molecule has 6 heteroatoms. The number of rotatable bonds is 2. The predicted molar refractivity (Wildman–Crippen MR) is 106 cm³/mol. The summed E-state index contributed by atoms with van der Waals surface area (Å²) < 4.78 is 2.22. The van der Waals surface area contributed by atoms with Crippen LogP contribution in [-0.4, -0.2) is 26.7 Å². The van der Waals surface area contributed by atoms with Crippen molar-refractivity contribution < 1.29 is 4.79 Å². The van der Waals surface area contributed by atoms with Crippen molar-refractivity contribution in [1.29, 1.82) is 0 Å². The molecular weight excluding hydrogens is 362 g/mol. The van der Waals surface area contributed by atoms with Gasteiger partial charge in [0, 0.05) is 35.3 Å². The quantitative estimate of drug-likeness (QED) is 0.509. The van der Waals surface area contributed by atoms with E-state index in [4.69, 9.17) is 4.98 Å². The number of fused-ring (bicyclic) bond motifs is 3. The number of thiophene rings is 1. The van der Waals surface area contributed by atoms with Crippen LogP contribution in [0.2, 0.25) is 0 Å². The van der Waals surface area contributed by atoms with Gasteiger partial charge in [0.25, 0.3) is 5.91 Å². The van der Waals surface area contributed by atoms with Gasteiger partial charge in [0.1, 0.15) is 5.69 Å². The fourth-order valence-corrected chi connectivity index (χ4v) is 5.45. The van der Waals surface area contributed by atoms with Crippen molar-refractivity contribution in [2.45, 2.75) is 19.9 Å². The van der Waals surface area contributed by atoms with Gasteiger partial charge in [-0.2, -0.15) is 0 Å². The molecule has 0 bridgehead atoms. The Bertz CT molecular complexity index is 1110. The van der Waals surface area contributed by atoms with Gasteiger partial charge in [-0.1, -0.05) is 29.5 Å². The van der Waals surface area contributed by atoms with E-state index in [1.807, 2.05) is 35.2 Å². The highest BCUT2D eigenvalue weighted by atomic mass is 32.1. The summed E-state index contributed by atoms with van der Waals surface area (Å²) in [4.78, 5) is 23.0. The summed E-state index contributed by atoms with van der Waals surface area (Å²) in [6.45, 7) is 3.53. The van der Waals surface area contributed by atoms with E-state index in [9.17, 15) is 4.79 Å². The number of imidazole rings is 1. The molecule has 1 amide bonds. The van der Waals surface area contributed by atoms with Crippen LogP contribution < -0.4 is 0 Å². The van der Waals surface area contributed by atoms with Crippen LogP contribution in [0.25, 0.3) is 15.5 Å². The summed E-state index contributed by atoms with van der Waals surface area (Å²) in [5.74, 6) is 0.108. The first-order valence-electron chi connectivity index (χ1n) is 8.58. The molecule has 0 radical (unpaired) electrons. The first kappa shape index (κ1) is 15.8. The van der Waals surface area contributed by atoms with Crippen molar-refractivity contribution in [3.63, 3.8) is 0 Å². The Kier molecular flexibility index (Phi) is 3.69. The zero-order valence-electron chi connectivity index (χ0n) is 14.3. The van der Waals surface area contributed by atoms with Gasteiger partial charge >= 0.3 is 0 Å². The number of hydrogen-bond donors (Lipinski definition) is 0. The number of amides is 1. The number of thiazole rings is 1. The van der Waals surface area contributed by atoms with Crippen molar-refractivity contribution >= 4 is 33.5 Å². The Morgan fingerprint density at radius 3 is 2.85 bits per heavy atom. The van der Waals surface area contributed by atoms with Gasteiger partial charge in [-0.05, 0) is 36.1 Å². The first-order valence-corrected chi connectivity index (χ1v) is 10.3. The van der Waals surface area contributed by atoms with Crippen LogP contribution in [0.1, 0.15) is 26.5 Å². The van der Waals surface area contributed by atoms with Gasteiger partial charge in [-0.3, -0.25) is 9.20 Å². The molecule has 0 unspecified atom stereocenters. The number of nitrogens with zero attached hydrogens (tertiary/aromatic N) is 3.